The van der Waals surface area contributed by atoms with Crippen molar-refractivity contribution in [1.29, 1.82) is 5.26 Å². The fourth-order valence-electron chi connectivity index (χ4n) is 0.555. The van der Waals surface area contributed by atoms with Gasteiger partial charge in [-0.15, -0.1) is 12.4 Å². The molecule has 0 saturated carbocycles. The van der Waals surface area contributed by atoms with Gasteiger partial charge in [-0.05, 0) is 0 Å². The van der Waals surface area contributed by atoms with Crippen LogP contribution in [-0.4, -0.2) is 17.0 Å². The summed E-state index contributed by atoms with van der Waals surface area (Å²) in [4.78, 5) is 7.53. The van der Waals surface area contributed by atoms with E-state index < -0.39 is 0 Å². The van der Waals surface area contributed by atoms with Crippen LogP contribution in [0.1, 0.15) is 5.69 Å². The average molecular weight is 171 g/mol. The predicted molar refractivity (Wildman–Crippen MR) is 43.5 cm³/mol. The average Bonchev–Trinajstić information content (AvgIpc) is 2.05. The van der Waals surface area contributed by atoms with Gasteiger partial charge in [-0.25, -0.2) is 9.97 Å². The number of hydrogen-bond acceptors (Lipinski definition) is 4. The van der Waals surface area contributed by atoms with Gasteiger partial charge in [0, 0.05) is 13.1 Å². The van der Waals surface area contributed by atoms with Crippen LogP contribution in [0.15, 0.2) is 12.4 Å². The Morgan fingerprint density at radius 1 is 1.55 bits per heavy atom. The Bertz CT molecular complexity index is 268. The fraction of sp³-hybridized carbons (Fsp3) is 0.167. The van der Waals surface area contributed by atoms with E-state index in [2.05, 4.69) is 15.3 Å². The van der Waals surface area contributed by atoms with Gasteiger partial charge in [-0.2, -0.15) is 5.26 Å². The lowest BCUT2D eigenvalue weighted by atomic mass is 10.4. The van der Waals surface area contributed by atoms with Gasteiger partial charge in [0.15, 0.2) is 0 Å². The molecule has 4 nitrogen and oxygen atoms in total. The molecular weight excluding hydrogens is 164 g/mol. The van der Waals surface area contributed by atoms with Crippen LogP contribution in [0.25, 0.3) is 0 Å². The van der Waals surface area contributed by atoms with Gasteiger partial charge in [0.25, 0.3) is 0 Å². The molecular formula is C6H7ClN4. The lowest BCUT2D eigenvalue weighted by Gasteiger charge is -1.94. The van der Waals surface area contributed by atoms with Crippen LogP contribution in [0.3, 0.4) is 0 Å². The quantitative estimate of drug-likeness (QED) is 0.678. The maximum Gasteiger partial charge on any atom is 0.145 e. The molecule has 0 unspecified atom stereocenters. The summed E-state index contributed by atoms with van der Waals surface area (Å²) in [6, 6.07) is 3.49. The molecule has 0 aliphatic rings. The third-order valence-electron chi connectivity index (χ3n) is 1.04. The molecule has 0 radical (unpaired) electrons. The van der Waals surface area contributed by atoms with Gasteiger partial charge in [0.05, 0.1) is 0 Å². The highest BCUT2D eigenvalue weighted by Crippen LogP contribution is 1.99. The third kappa shape index (κ3) is 2.40. The molecule has 0 aliphatic carbocycles. The number of nitriles is 1. The van der Waals surface area contributed by atoms with E-state index in [4.69, 9.17) is 5.26 Å². The molecule has 0 spiro atoms. The molecule has 1 aromatic rings. The van der Waals surface area contributed by atoms with Crippen LogP contribution in [0.2, 0.25) is 0 Å². The predicted octanol–water partition coefficient (Wildman–Crippen LogP) is 0.812. The number of aromatic nitrogens is 2. The largest absolute Gasteiger partial charge is 0.373 e. The van der Waals surface area contributed by atoms with E-state index >= 15 is 0 Å². The topological polar surface area (TPSA) is 61.6 Å². The summed E-state index contributed by atoms with van der Waals surface area (Å²) in [6.07, 6.45) is 1.35. The normalized spacial score (nSPS) is 7.64. The first-order chi connectivity index (χ1) is 4.86. The van der Waals surface area contributed by atoms with Crippen molar-refractivity contribution in [3.8, 4) is 6.07 Å². The summed E-state index contributed by atoms with van der Waals surface area (Å²) in [5.74, 6) is 0.659. The molecule has 1 heterocycles. The molecule has 0 saturated heterocycles. The zero-order valence-corrected chi connectivity index (χ0v) is 6.72. The monoisotopic (exact) mass is 170 g/mol. The van der Waals surface area contributed by atoms with Crippen molar-refractivity contribution in [2.75, 3.05) is 12.4 Å². The Labute approximate surface area is 70.7 Å². The molecule has 1 rings (SSSR count). The van der Waals surface area contributed by atoms with Gasteiger partial charge in [-0.1, -0.05) is 0 Å². The Morgan fingerprint density at radius 3 is 2.82 bits per heavy atom. The second-order valence-corrected chi connectivity index (χ2v) is 1.65. The molecule has 11 heavy (non-hydrogen) atoms. The highest BCUT2D eigenvalue weighted by Gasteiger charge is 1.92. The SMILES string of the molecule is CNc1cc(C#N)ncn1.Cl. The number of anilines is 1. The van der Waals surface area contributed by atoms with E-state index in [1.54, 1.807) is 13.1 Å². The molecule has 5 heteroatoms. The smallest absolute Gasteiger partial charge is 0.145 e. The van der Waals surface area contributed by atoms with Crippen molar-refractivity contribution in [3.05, 3.63) is 18.1 Å². The number of rotatable bonds is 1. The number of hydrogen-bond donors (Lipinski definition) is 1. The standard InChI is InChI=1S/C6H6N4.ClH/c1-8-6-2-5(3-7)9-4-10-6;/h2,4H,1H3,(H,8,9,10);1H. The van der Waals surface area contributed by atoms with Crippen molar-refractivity contribution < 1.29 is 0 Å². The lowest BCUT2D eigenvalue weighted by Crippen LogP contribution is -1.93. The van der Waals surface area contributed by atoms with Crippen molar-refractivity contribution in [2.24, 2.45) is 0 Å². The molecule has 0 aliphatic heterocycles. The number of halogens is 1. The summed E-state index contributed by atoms with van der Waals surface area (Å²) < 4.78 is 0. The molecule has 0 bridgehead atoms. The van der Waals surface area contributed by atoms with Crippen LogP contribution >= 0.6 is 12.4 Å². The van der Waals surface area contributed by atoms with E-state index in [9.17, 15) is 0 Å². The number of nitrogens with one attached hydrogen (secondary N) is 1. The van der Waals surface area contributed by atoms with Crippen LogP contribution < -0.4 is 5.32 Å². The van der Waals surface area contributed by atoms with Gasteiger partial charge < -0.3 is 5.32 Å². The van der Waals surface area contributed by atoms with Crippen LogP contribution in [-0.2, 0) is 0 Å². The molecule has 0 amide bonds. The maximum absolute atomic E-state index is 8.39. The lowest BCUT2D eigenvalue weighted by molar-refractivity contribution is 1.13. The van der Waals surface area contributed by atoms with Crippen molar-refractivity contribution >= 4 is 18.2 Å². The first-order valence-corrected chi connectivity index (χ1v) is 2.76. The third-order valence-corrected chi connectivity index (χ3v) is 1.04. The molecule has 0 fully saturated rings. The highest BCUT2D eigenvalue weighted by molar-refractivity contribution is 5.85. The summed E-state index contributed by atoms with van der Waals surface area (Å²) in [5.41, 5.74) is 0.374. The van der Waals surface area contributed by atoms with E-state index in [1.165, 1.54) is 6.33 Å². The highest BCUT2D eigenvalue weighted by atomic mass is 35.5. The minimum Gasteiger partial charge on any atom is -0.373 e. The second kappa shape index (κ2) is 4.47. The van der Waals surface area contributed by atoms with Gasteiger partial charge >= 0.3 is 0 Å². The summed E-state index contributed by atoms with van der Waals surface area (Å²) in [5, 5.41) is 11.2. The molecule has 0 atom stereocenters. The van der Waals surface area contributed by atoms with E-state index in [0.29, 0.717) is 11.5 Å². The zero-order chi connectivity index (χ0) is 7.40. The second-order valence-electron chi connectivity index (χ2n) is 1.65. The molecule has 1 N–H and O–H groups in total. The summed E-state index contributed by atoms with van der Waals surface area (Å²) in [6.45, 7) is 0. The van der Waals surface area contributed by atoms with Crippen molar-refractivity contribution in [3.63, 3.8) is 0 Å². The van der Waals surface area contributed by atoms with E-state index in [0.717, 1.165) is 0 Å². The van der Waals surface area contributed by atoms with Crippen LogP contribution in [0.4, 0.5) is 5.82 Å². The minimum absolute atomic E-state index is 0. The fourth-order valence-corrected chi connectivity index (χ4v) is 0.555. The number of nitrogens with zero attached hydrogens (tertiary/aromatic N) is 3. The first kappa shape index (κ1) is 9.66. The Morgan fingerprint density at radius 2 is 2.27 bits per heavy atom. The molecule has 58 valence electrons. The molecule has 1 aromatic heterocycles. The van der Waals surface area contributed by atoms with Crippen LogP contribution in [0, 0.1) is 11.3 Å². The zero-order valence-electron chi connectivity index (χ0n) is 5.90. The Kier molecular flexibility index (Phi) is 3.93. The first-order valence-electron chi connectivity index (χ1n) is 2.76. The minimum atomic E-state index is 0. The van der Waals surface area contributed by atoms with E-state index in [1.807, 2.05) is 6.07 Å². The molecule has 0 aromatic carbocycles. The summed E-state index contributed by atoms with van der Waals surface area (Å²) >= 11 is 0. The van der Waals surface area contributed by atoms with Crippen LogP contribution in [0.5, 0.6) is 0 Å². The Hall–Kier alpha value is -1.34. The Balaban J connectivity index is 0.000001000. The van der Waals surface area contributed by atoms with E-state index in [-0.39, 0.29) is 12.4 Å². The van der Waals surface area contributed by atoms with Gasteiger partial charge in [0.1, 0.15) is 23.9 Å². The van der Waals surface area contributed by atoms with Gasteiger partial charge in [0.2, 0.25) is 0 Å². The maximum atomic E-state index is 8.39. The summed E-state index contributed by atoms with van der Waals surface area (Å²) in [7, 11) is 1.74. The van der Waals surface area contributed by atoms with Crippen molar-refractivity contribution in [2.45, 2.75) is 0 Å². The van der Waals surface area contributed by atoms with Crippen molar-refractivity contribution in [1.82, 2.24) is 9.97 Å². The van der Waals surface area contributed by atoms with Gasteiger partial charge in [-0.3, -0.25) is 0 Å².